The van der Waals surface area contributed by atoms with Crippen LogP contribution in [0.25, 0.3) is 0 Å². The number of pyridine rings is 1. The number of benzene rings is 1. The van der Waals surface area contributed by atoms with Gasteiger partial charge in [0.25, 0.3) is 0 Å². The van der Waals surface area contributed by atoms with Gasteiger partial charge in [0.15, 0.2) is 5.78 Å². The van der Waals surface area contributed by atoms with Crippen molar-refractivity contribution in [1.82, 2.24) is 4.98 Å². The molecule has 0 atom stereocenters. The van der Waals surface area contributed by atoms with Gasteiger partial charge in [0.2, 0.25) is 0 Å². The molecule has 2 N–H and O–H groups in total. The Balaban J connectivity index is 2.46. The molecule has 1 heterocycles. The standard InChI is InChI=1S/C13H12N2O/c1-9-2-3-11(14)8-12(9)13(16)10-4-6-15-7-5-10/h2-8H,14H2,1H3. The van der Waals surface area contributed by atoms with E-state index < -0.39 is 0 Å². The molecule has 0 aliphatic rings. The number of carbonyl (C=O) groups excluding carboxylic acids is 1. The van der Waals surface area contributed by atoms with Crippen LogP contribution in [0.3, 0.4) is 0 Å². The van der Waals surface area contributed by atoms with Crippen LogP contribution in [0.5, 0.6) is 0 Å². The summed E-state index contributed by atoms with van der Waals surface area (Å²) in [5, 5.41) is 0. The highest BCUT2D eigenvalue weighted by atomic mass is 16.1. The zero-order valence-corrected chi connectivity index (χ0v) is 8.97. The van der Waals surface area contributed by atoms with E-state index in [2.05, 4.69) is 4.98 Å². The van der Waals surface area contributed by atoms with Crippen molar-refractivity contribution < 1.29 is 4.79 Å². The molecule has 0 bridgehead atoms. The van der Waals surface area contributed by atoms with E-state index in [0.717, 1.165) is 5.56 Å². The number of hydrogen-bond acceptors (Lipinski definition) is 3. The van der Waals surface area contributed by atoms with Gasteiger partial charge in [-0.2, -0.15) is 0 Å². The number of aromatic nitrogens is 1. The zero-order chi connectivity index (χ0) is 11.5. The van der Waals surface area contributed by atoms with Crippen LogP contribution in [0.15, 0.2) is 42.7 Å². The molecular weight excluding hydrogens is 200 g/mol. The van der Waals surface area contributed by atoms with Gasteiger partial charge >= 0.3 is 0 Å². The van der Waals surface area contributed by atoms with Crippen molar-refractivity contribution in [2.45, 2.75) is 6.92 Å². The van der Waals surface area contributed by atoms with Crippen LogP contribution in [0.2, 0.25) is 0 Å². The van der Waals surface area contributed by atoms with Gasteiger partial charge in [0.05, 0.1) is 0 Å². The van der Waals surface area contributed by atoms with Gasteiger partial charge < -0.3 is 5.73 Å². The summed E-state index contributed by atoms with van der Waals surface area (Å²) in [6.07, 6.45) is 3.21. The summed E-state index contributed by atoms with van der Waals surface area (Å²) in [4.78, 5) is 16.0. The van der Waals surface area contributed by atoms with Crippen LogP contribution in [-0.4, -0.2) is 10.8 Å². The number of nitrogens with zero attached hydrogens (tertiary/aromatic N) is 1. The summed E-state index contributed by atoms with van der Waals surface area (Å²) in [5.74, 6) is -0.0211. The summed E-state index contributed by atoms with van der Waals surface area (Å²) in [5.41, 5.74) is 8.48. The van der Waals surface area contributed by atoms with E-state index >= 15 is 0 Å². The van der Waals surface area contributed by atoms with Crippen LogP contribution < -0.4 is 5.73 Å². The molecule has 0 saturated heterocycles. The Morgan fingerprint density at radius 3 is 2.56 bits per heavy atom. The molecule has 0 aliphatic heterocycles. The molecule has 1 aromatic carbocycles. The number of hydrogen-bond donors (Lipinski definition) is 1. The number of ketones is 1. The molecule has 16 heavy (non-hydrogen) atoms. The quantitative estimate of drug-likeness (QED) is 0.613. The fraction of sp³-hybridized carbons (Fsp3) is 0.0769. The summed E-state index contributed by atoms with van der Waals surface area (Å²) >= 11 is 0. The summed E-state index contributed by atoms with van der Waals surface area (Å²) in [7, 11) is 0. The first kappa shape index (κ1) is 10.4. The van der Waals surface area contributed by atoms with Crippen molar-refractivity contribution in [3.05, 3.63) is 59.4 Å². The molecule has 80 valence electrons. The van der Waals surface area contributed by atoms with E-state index in [4.69, 9.17) is 5.73 Å². The summed E-state index contributed by atoms with van der Waals surface area (Å²) < 4.78 is 0. The predicted molar refractivity (Wildman–Crippen MR) is 63.3 cm³/mol. The van der Waals surface area contributed by atoms with Gasteiger partial charge in [0.1, 0.15) is 0 Å². The second kappa shape index (κ2) is 4.14. The van der Waals surface area contributed by atoms with Gasteiger partial charge in [-0.15, -0.1) is 0 Å². The third-order valence-corrected chi connectivity index (χ3v) is 2.45. The number of nitrogen functional groups attached to an aromatic ring is 1. The Hall–Kier alpha value is -2.16. The molecule has 0 amide bonds. The lowest BCUT2D eigenvalue weighted by Gasteiger charge is -2.05. The lowest BCUT2D eigenvalue weighted by Crippen LogP contribution is -2.04. The fourth-order valence-corrected chi connectivity index (χ4v) is 1.54. The average molecular weight is 212 g/mol. The number of carbonyl (C=O) groups is 1. The minimum absolute atomic E-state index is 0.0211. The van der Waals surface area contributed by atoms with Crippen LogP contribution in [-0.2, 0) is 0 Å². The normalized spacial score (nSPS) is 10.1. The van der Waals surface area contributed by atoms with Crippen LogP contribution in [0.1, 0.15) is 21.5 Å². The topological polar surface area (TPSA) is 56.0 Å². The highest BCUT2D eigenvalue weighted by molar-refractivity contribution is 6.10. The van der Waals surface area contributed by atoms with Crippen molar-refractivity contribution in [3.8, 4) is 0 Å². The second-order valence-electron chi connectivity index (χ2n) is 3.64. The predicted octanol–water partition coefficient (Wildman–Crippen LogP) is 2.20. The highest BCUT2D eigenvalue weighted by Crippen LogP contribution is 2.16. The molecule has 1 aromatic heterocycles. The second-order valence-corrected chi connectivity index (χ2v) is 3.64. The first-order valence-electron chi connectivity index (χ1n) is 4.99. The van der Waals surface area contributed by atoms with E-state index in [0.29, 0.717) is 16.8 Å². The van der Waals surface area contributed by atoms with Crippen LogP contribution in [0.4, 0.5) is 5.69 Å². The van der Waals surface area contributed by atoms with Gasteiger partial charge in [-0.25, -0.2) is 0 Å². The van der Waals surface area contributed by atoms with Crippen molar-refractivity contribution in [1.29, 1.82) is 0 Å². The molecule has 0 radical (unpaired) electrons. The Kier molecular flexibility index (Phi) is 2.68. The molecule has 2 aromatic rings. The molecule has 3 heteroatoms. The molecule has 0 aliphatic carbocycles. The minimum Gasteiger partial charge on any atom is -0.399 e. The molecular formula is C13H12N2O. The lowest BCUT2D eigenvalue weighted by atomic mass is 9.99. The maximum Gasteiger partial charge on any atom is 0.193 e. The average Bonchev–Trinajstić information content (AvgIpc) is 2.32. The fourth-order valence-electron chi connectivity index (χ4n) is 1.54. The van der Waals surface area contributed by atoms with E-state index in [9.17, 15) is 4.79 Å². The van der Waals surface area contributed by atoms with Crippen molar-refractivity contribution in [3.63, 3.8) is 0 Å². The number of nitrogens with two attached hydrogens (primary N) is 1. The third kappa shape index (κ3) is 1.93. The van der Waals surface area contributed by atoms with Crippen LogP contribution >= 0.6 is 0 Å². The molecule has 0 spiro atoms. The number of rotatable bonds is 2. The van der Waals surface area contributed by atoms with Crippen molar-refractivity contribution in [2.24, 2.45) is 0 Å². The molecule has 0 unspecified atom stereocenters. The maximum absolute atomic E-state index is 12.1. The number of aryl methyl sites for hydroxylation is 1. The number of anilines is 1. The van der Waals surface area contributed by atoms with E-state index in [1.807, 2.05) is 13.0 Å². The Morgan fingerprint density at radius 2 is 1.88 bits per heavy atom. The van der Waals surface area contributed by atoms with Gasteiger partial charge in [-0.3, -0.25) is 9.78 Å². The largest absolute Gasteiger partial charge is 0.399 e. The van der Waals surface area contributed by atoms with Gasteiger partial charge in [-0.05, 0) is 36.8 Å². The molecule has 2 rings (SSSR count). The van der Waals surface area contributed by atoms with Gasteiger partial charge in [-0.1, -0.05) is 6.07 Å². The highest BCUT2D eigenvalue weighted by Gasteiger charge is 2.11. The summed E-state index contributed by atoms with van der Waals surface area (Å²) in [6, 6.07) is 8.75. The minimum atomic E-state index is -0.0211. The Morgan fingerprint density at radius 1 is 1.19 bits per heavy atom. The first-order chi connectivity index (χ1) is 7.68. The van der Waals surface area contributed by atoms with E-state index in [1.165, 1.54) is 0 Å². The lowest BCUT2D eigenvalue weighted by molar-refractivity contribution is 0.103. The Bertz CT molecular complexity index is 521. The molecule has 0 saturated carbocycles. The van der Waals surface area contributed by atoms with Crippen LogP contribution in [0, 0.1) is 6.92 Å². The maximum atomic E-state index is 12.1. The van der Waals surface area contributed by atoms with Gasteiger partial charge in [0, 0.05) is 29.2 Å². The van der Waals surface area contributed by atoms with Crippen molar-refractivity contribution >= 4 is 11.5 Å². The van der Waals surface area contributed by atoms with E-state index in [-0.39, 0.29) is 5.78 Å². The monoisotopic (exact) mass is 212 g/mol. The van der Waals surface area contributed by atoms with E-state index in [1.54, 1.807) is 36.7 Å². The van der Waals surface area contributed by atoms with Crippen molar-refractivity contribution in [2.75, 3.05) is 5.73 Å². The first-order valence-corrected chi connectivity index (χ1v) is 4.99. The zero-order valence-electron chi connectivity index (χ0n) is 8.97. The Labute approximate surface area is 93.9 Å². The molecule has 3 nitrogen and oxygen atoms in total. The smallest absolute Gasteiger partial charge is 0.193 e. The third-order valence-electron chi connectivity index (χ3n) is 2.45. The molecule has 0 fully saturated rings. The summed E-state index contributed by atoms with van der Waals surface area (Å²) in [6.45, 7) is 1.90. The SMILES string of the molecule is Cc1ccc(N)cc1C(=O)c1ccncc1.